The fraction of sp³-hybridized carbons (Fsp3) is 0.562. The molecule has 2 heterocycles. The van der Waals surface area contributed by atoms with Crippen molar-refractivity contribution in [2.45, 2.75) is 25.9 Å². The van der Waals surface area contributed by atoms with Gasteiger partial charge in [0.1, 0.15) is 0 Å². The van der Waals surface area contributed by atoms with Crippen LogP contribution in [0.3, 0.4) is 0 Å². The minimum atomic E-state index is 0.231. The Labute approximate surface area is 121 Å². The maximum Gasteiger partial charge on any atom is 0.320 e. The molecule has 108 valence electrons. The molecule has 2 bridgehead atoms. The normalized spacial score (nSPS) is 23.9. The molecular weight excluding hydrogens is 250 g/mol. The van der Waals surface area contributed by atoms with E-state index >= 15 is 0 Å². The van der Waals surface area contributed by atoms with E-state index in [1.165, 1.54) is 5.56 Å². The van der Waals surface area contributed by atoms with Crippen LogP contribution in [0.25, 0.3) is 0 Å². The molecule has 0 spiro atoms. The molecule has 1 unspecified atom stereocenters. The number of nitrogens with zero attached hydrogens (tertiary/aromatic N) is 3. The topological polar surface area (TPSA) is 26.8 Å². The fourth-order valence-corrected chi connectivity index (χ4v) is 3.26. The van der Waals surface area contributed by atoms with Gasteiger partial charge in [0.2, 0.25) is 0 Å². The lowest BCUT2D eigenvalue weighted by molar-refractivity contribution is 0.0886. The number of fused-ring (bicyclic) bond motifs is 2. The van der Waals surface area contributed by atoms with E-state index in [4.69, 9.17) is 0 Å². The van der Waals surface area contributed by atoms with Crippen molar-refractivity contribution < 1.29 is 4.79 Å². The van der Waals surface area contributed by atoms with Crippen molar-refractivity contribution >= 4 is 6.03 Å². The van der Waals surface area contributed by atoms with Crippen LogP contribution < -0.4 is 0 Å². The van der Waals surface area contributed by atoms with Gasteiger partial charge in [-0.25, -0.2) is 4.79 Å². The summed E-state index contributed by atoms with van der Waals surface area (Å²) in [5, 5.41) is 0. The molecule has 2 fully saturated rings. The highest BCUT2D eigenvalue weighted by Gasteiger charge is 2.34. The third kappa shape index (κ3) is 2.66. The van der Waals surface area contributed by atoms with Crippen LogP contribution >= 0.6 is 0 Å². The maximum absolute atomic E-state index is 12.3. The predicted molar refractivity (Wildman–Crippen MR) is 79.5 cm³/mol. The average molecular weight is 273 g/mol. The Morgan fingerprint density at radius 3 is 2.70 bits per heavy atom. The molecule has 2 saturated heterocycles. The van der Waals surface area contributed by atoms with Gasteiger partial charge < -0.3 is 9.80 Å². The Kier molecular flexibility index (Phi) is 3.92. The summed E-state index contributed by atoms with van der Waals surface area (Å²) >= 11 is 0. The number of carbonyl (C=O) groups excluding carboxylic acids is 1. The first kappa shape index (κ1) is 13.4. The molecule has 20 heavy (non-hydrogen) atoms. The van der Waals surface area contributed by atoms with Gasteiger partial charge in [0.05, 0.1) is 0 Å². The molecule has 0 N–H and O–H groups in total. The van der Waals surface area contributed by atoms with E-state index in [1.807, 2.05) is 9.80 Å². The number of hydrogen-bond acceptors (Lipinski definition) is 2. The second-order valence-corrected chi connectivity index (χ2v) is 5.71. The second-order valence-electron chi connectivity index (χ2n) is 5.71. The van der Waals surface area contributed by atoms with E-state index in [-0.39, 0.29) is 6.03 Å². The van der Waals surface area contributed by atoms with Crippen LogP contribution in [0, 0.1) is 0 Å². The van der Waals surface area contributed by atoms with Gasteiger partial charge in [-0.3, -0.25) is 4.90 Å². The Morgan fingerprint density at radius 1 is 1.15 bits per heavy atom. The summed E-state index contributed by atoms with van der Waals surface area (Å²) < 4.78 is 0. The van der Waals surface area contributed by atoms with Crippen molar-refractivity contribution in [2.75, 3.05) is 32.7 Å². The Bertz CT molecular complexity index is 462. The van der Waals surface area contributed by atoms with E-state index in [0.717, 1.165) is 45.7 Å². The number of hydrogen-bond donors (Lipinski definition) is 0. The Morgan fingerprint density at radius 2 is 1.95 bits per heavy atom. The summed E-state index contributed by atoms with van der Waals surface area (Å²) in [6.07, 6.45) is 1.09. The smallest absolute Gasteiger partial charge is 0.320 e. The summed E-state index contributed by atoms with van der Waals surface area (Å²) in [5.41, 5.74) is 1.36. The molecule has 2 aliphatic rings. The minimum absolute atomic E-state index is 0.231. The van der Waals surface area contributed by atoms with E-state index in [0.29, 0.717) is 6.04 Å². The predicted octanol–water partition coefficient (Wildman–Crippen LogP) is 2.02. The quantitative estimate of drug-likeness (QED) is 0.842. The van der Waals surface area contributed by atoms with Gasteiger partial charge in [-0.2, -0.15) is 0 Å². The number of piperazine rings is 1. The van der Waals surface area contributed by atoms with E-state index < -0.39 is 0 Å². The molecule has 4 nitrogen and oxygen atoms in total. The summed E-state index contributed by atoms with van der Waals surface area (Å²) in [6, 6.07) is 11.4. The number of benzene rings is 1. The van der Waals surface area contributed by atoms with Crippen LogP contribution in [-0.2, 0) is 6.54 Å². The van der Waals surface area contributed by atoms with Crippen LogP contribution in [0.1, 0.15) is 18.9 Å². The van der Waals surface area contributed by atoms with Crippen molar-refractivity contribution in [3.05, 3.63) is 35.9 Å². The van der Waals surface area contributed by atoms with E-state index in [2.05, 4.69) is 42.2 Å². The number of amides is 2. The highest BCUT2D eigenvalue weighted by molar-refractivity contribution is 5.75. The molecule has 0 saturated carbocycles. The zero-order valence-corrected chi connectivity index (χ0v) is 12.2. The lowest BCUT2D eigenvalue weighted by Crippen LogP contribution is -2.53. The van der Waals surface area contributed by atoms with Crippen LogP contribution in [-0.4, -0.2) is 59.5 Å². The first-order chi connectivity index (χ1) is 9.78. The molecule has 0 aliphatic carbocycles. The highest BCUT2D eigenvalue weighted by Crippen LogP contribution is 2.21. The summed E-state index contributed by atoms with van der Waals surface area (Å²) in [6.45, 7) is 7.52. The lowest BCUT2D eigenvalue weighted by Gasteiger charge is -2.39. The molecule has 4 heteroatoms. The van der Waals surface area contributed by atoms with Gasteiger partial charge in [0, 0.05) is 45.3 Å². The van der Waals surface area contributed by atoms with Crippen molar-refractivity contribution in [3.8, 4) is 0 Å². The number of urea groups is 1. The van der Waals surface area contributed by atoms with Crippen LogP contribution in [0.15, 0.2) is 30.3 Å². The average Bonchev–Trinajstić information content (AvgIpc) is 2.61. The SMILES string of the molecule is CCN1CCC2CN(CCN2Cc2ccccc2)C1=O. The van der Waals surface area contributed by atoms with Gasteiger partial charge in [-0.1, -0.05) is 30.3 Å². The van der Waals surface area contributed by atoms with E-state index in [1.54, 1.807) is 0 Å². The van der Waals surface area contributed by atoms with E-state index in [9.17, 15) is 4.79 Å². The third-order valence-corrected chi connectivity index (χ3v) is 4.49. The first-order valence-electron chi connectivity index (χ1n) is 7.59. The number of carbonyl (C=O) groups is 1. The van der Waals surface area contributed by atoms with Gasteiger partial charge >= 0.3 is 6.03 Å². The Hall–Kier alpha value is -1.55. The second kappa shape index (κ2) is 5.83. The summed E-state index contributed by atoms with van der Waals surface area (Å²) in [7, 11) is 0. The molecule has 0 radical (unpaired) electrons. The van der Waals surface area contributed by atoms with Crippen molar-refractivity contribution in [1.82, 2.24) is 14.7 Å². The molecular formula is C16H23N3O. The summed E-state index contributed by atoms with van der Waals surface area (Å²) in [4.78, 5) is 18.8. The Balaban J connectivity index is 1.70. The number of rotatable bonds is 3. The van der Waals surface area contributed by atoms with Crippen LogP contribution in [0.5, 0.6) is 0 Å². The molecule has 1 aromatic carbocycles. The molecule has 2 amide bonds. The van der Waals surface area contributed by atoms with Crippen molar-refractivity contribution in [1.29, 1.82) is 0 Å². The molecule has 1 aromatic rings. The maximum atomic E-state index is 12.3. The first-order valence-corrected chi connectivity index (χ1v) is 7.59. The molecule has 3 rings (SSSR count). The van der Waals surface area contributed by atoms with Gasteiger partial charge in [0.25, 0.3) is 0 Å². The van der Waals surface area contributed by atoms with Gasteiger partial charge in [0.15, 0.2) is 0 Å². The lowest BCUT2D eigenvalue weighted by atomic mass is 10.1. The van der Waals surface area contributed by atoms with Gasteiger partial charge in [-0.15, -0.1) is 0 Å². The zero-order valence-electron chi connectivity index (χ0n) is 12.2. The highest BCUT2D eigenvalue weighted by atomic mass is 16.2. The standard InChI is InChI=1S/C16H23N3O/c1-2-17-9-8-15-13-19(16(17)20)11-10-18(15)12-14-6-4-3-5-7-14/h3-7,15H,2,8-13H2,1H3. The van der Waals surface area contributed by atoms with Crippen LogP contribution in [0.4, 0.5) is 4.79 Å². The summed E-state index contributed by atoms with van der Waals surface area (Å²) in [5.74, 6) is 0. The largest absolute Gasteiger partial charge is 0.325 e. The molecule has 0 aromatic heterocycles. The van der Waals surface area contributed by atoms with Crippen molar-refractivity contribution in [2.24, 2.45) is 0 Å². The zero-order chi connectivity index (χ0) is 13.9. The minimum Gasteiger partial charge on any atom is -0.325 e. The van der Waals surface area contributed by atoms with Crippen LogP contribution in [0.2, 0.25) is 0 Å². The van der Waals surface area contributed by atoms with Gasteiger partial charge in [-0.05, 0) is 18.9 Å². The van der Waals surface area contributed by atoms with Crippen molar-refractivity contribution in [3.63, 3.8) is 0 Å². The third-order valence-electron chi connectivity index (χ3n) is 4.49. The fourth-order valence-electron chi connectivity index (χ4n) is 3.26. The molecule has 2 aliphatic heterocycles. The monoisotopic (exact) mass is 273 g/mol. The molecule has 1 atom stereocenters.